The number of unbranched alkanes of at least 4 members (excludes halogenated alkanes) is 1. The van der Waals surface area contributed by atoms with Gasteiger partial charge in [0.2, 0.25) is 5.91 Å². The van der Waals surface area contributed by atoms with Crippen LogP contribution in [0.5, 0.6) is 0 Å². The molecule has 0 atom stereocenters. The first-order chi connectivity index (χ1) is 14.9. The van der Waals surface area contributed by atoms with Gasteiger partial charge in [0.25, 0.3) is 5.56 Å². The highest BCUT2D eigenvalue weighted by Gasteiger charge is 2.13. The molecule has 0 aliphatic heterocycles. The first kappa shape index (κ1) is 22.9. The van der Waals surface area contributed by atoms with Gasteiger partial charge in [0, 0.05) is 36.9 Å². The molecule has 0 saturated heterocycles. The van der Waals surface area contributed by atoms with Crippen molar-refractivity contribution < 1.29 is 9.21 Å². The first-order valence-electron chi connectivity index (χ1n) is 10.5. The van der Waals surface area contributed by atoms with E-state index in [1.807, 2.05) is 13.0 Å². The predicted octanol–water partition coefficient (Wildman–Crippen LogP) is 4.16. The van der Waals surface area contributed by atoms with Gasteiger partial charge >= 0.3 is 0 Å². The minimum atomic E-state index is 0.00730. The van der Waals surface area contributed by atoms with E-state index >= 15 is 0 Å². The molecule has 3 rings (SSSR count). The Bertz CT molecular complexity index is 1060. The quantitative estimate of drug-likeness (QED) is 0.292. The van der Waals surface area contributed by atoms with Crippen LogP contribution in [0.3, 0.4) is 0 Å². The van der Waals surface area contributed by atoms with Crippen LogP contribution in [0, 0.1) is 13.8 Å². The summed E-state index contributed by atoms with van der Waals surface area (Å²) in [6.45, 7) is 4.37. The zero-order valence-electron chi connectivity index (χ0n) is 18.3. The largest absolute Gasteiger partial charge is 0.467 e. The molecule has 1 N–H and O–H groups in total. The van der Waals surface area contributed by atoms with E-state index in [2.05, 4.69) is 41.5 Å². The third-order valence-corrected chi connectivity index (χ3v) is 6.24. The minimum absolute atomic E-state index is 0.00730. The van der Waals surface area contributed by atoms with Crippen LogP contribution in [-0.4, -0.2) is 21.2 Å². The van der Waals surface area contributed by atoms with E-state index in [-0.39, 0.29) is 11.5 Å². The maximum atomic E-state index is 12.9. The Kier molecular flexibility index (Phi) is 8.12. The second kappa shape index (κ2) is 11.0. The number of furan rings is 1. The average Bonchev–Trinajstić information content (AvgIpc) is 3.28. The summed E-state index contributed by atoms with van der Waals surface area (Å²) in [4.78, 5) is 29.5. The number of benzene rings is 1. The van der Waals surface area contributed by atoms with Crippen molar-refractivity contribution in [3.05, 3.63) is 81.2 Å². The van der Waals surface area contributed by atoms with Crippen LogP contribution >= 0.6 is 11.8 Å². The van der Waals surface area contributed by atoms with E-state index in [9.17, 15) is 9.59 Å². The summed E-state index contributed by atoms with van der Waals surface area (Å²) >= 11 is 1.56. The molecule has 0 radical (unpaired) electrons. The number of rotatable bonds is 10. The Morgan fingerprint density at radius 3 is 2.65 bits per heavy atom. The number of hydrogen-bond acceptors (Lipinski definition) is 5. The molecular formula is C24H29N3O3S. The van der Waals surface area contributed by atoms with E-state index in [1.165, 1.54) is 5.56 Å². The van der Waals surface area contributed by atoms with Crippen molar-refractivity contribution in [2.75, 3.05) is 5.75 Å². The SMILES string of the molecule is Cc1ccc(Cc2c(C)nc(SCCCCC(=O)NCc3ccco3)n(C)c2=O)cc1. The van der Waals surface area contributed by atoms with Crippen molar-refractivity contribution in [2.24, 2.45) is 7.05 Å². The lowest BCUT2D eigenvalue weighted by Crippen LogP contribution is -2.25. The molecule has 0 spiro atoms. The summed E-state index contributed by atoms with van der Waals surface area (Å²) in [5, 5.41) is 3.57. The highest BCUT2D eigenvalue weighted by Crippen LogP contribution is 2.18. The Hall–Kier alpha value is -2.80. The number of aryl methyl sites for hydroxylation is 2. The second-order valence-electron chi connectivity index (χ2n) is 7.65. The molecule has 164 valence electrons. The molecule has 1 aromatic carbocycles. The van der Waals surface area contributed by atoms with Crippen LogP contribution in [0.1, 0.15) is 47.4 Å². The lowest BCUT2D eigenvalue weighted by molar-refractivity contribution is -0.121. The fraction of sp³-hybridized carbons (Fsp3) is 0.375. The zero-order valence-corrected chi connectivity index (χ0v) is 19.1. The standard InChI is InChI=1S/C24H29N3O3S/c1-17-9-11-19(12-10-17)15-21-18(2)26-24(27(3)23(21)29)31-14-5-4-8-22(28)25-16-20-7-6-13-30-20/h6-7,9-13H,4-5,8,14-16H2,1-3H3,(H,25,28). The van der Waals surface area contributed by atoms with Crippen LogP contribution in [-0.2, 0) is 24.8 Å². The van der Waals surface area contributed by atoms with Crippen LogP contribution < -0.4 is 10.9 Å². The molecule has 3 aromatic rings. The molecule has 31 heavy (non-hydrogen) atoms. The minimum Gasteiger partial charge on any atom is -0.467 e. The van der Waals surface area contributed by atoms with Gasteiger partial charge in [-0.1, -0.05) is 41.6 Å². The molecule has 0 saturated carbocycles. The van der Waals surface area contributed by atoms with Gasteiger partial charge in [-0.15, -0.1) is 0 Å². The molecular weight excluding hydrogens is 410 g/mol. The zero-order chi connectivity index (χ0) is 22.2. The molecule has 0 aliphatic rings. The lowest BCUT2D eigenvalue weighted by atomic mass is 10.0. The van der Waals surface area contributed by atoms with Crippen LogP contribution in [0.15, 0.2) is 57.0 Å². The molecule has 0 fully saturated rings. The van der Waals surface area contributed by atoms with Crippen molar-refractivity contribution in [3.63, 3.8) is 0 Å². The third kappa shape index (κ3) is 6.59. The third-order valence-electron chi connectivity index (χ3n) is 5.12. The maximum Gasteiger partial charge on any atom is 0.257 e. The van der Waals surface area contributed by atoms with Gasteiger partial charge in [-0.3, -0.25) is 14.2 Å². The second-order valence-corrected chi connectivity index (χ2v) is 8.71. The van der Waals surface area contributed by atoms with E-state index in [0.717, 1.165) is 46.3 Å². The van der Waals surface area contributed by atoms with Crippen LogP contribution in [0.2, 0.25) is 0 Å². The highest BCUT2D eigenvalue weighted by molar-refractivity contribution is 7.99. The Morgan fingerprint density at radius 1 is 1.16 bits per heavy atom. The fourth-order valence-electron chi connectivity index (χ4n) is 3.21. The predicted molar refractivity (Wildman–Crippen MR) is 123 cm³/mol. The topological polar surface area (TPSA) is 77.1 Å². The van der Waals surface area contributed by atoms with Crippen molar-refractivity contribution in [3.8, 4) is 0 Å². The lowest BCUT2D eigenvalue weighted by Gasteiger charge is -2.12. The van der Waals surface area contributed by atoms with Gasteiger partial charge in [0.15, 0.2) is 5.16 Å². The van der Waals surface area contributed by atoms with E-state index in [0.29, 0.717) is 19.4 Å². The fourth-order valence-corrected chi connectivity index (χ4v) is 4.22. The number of nitrogens with one attached hydrogen (secondary N) is 1. The molecule has 6 nitrogen and oxygen atoms in total. The maximum absolute atomic E-state index is 12.9. The Morgan fingerprint density at radius 2 is 1.94 bits per heavy atom. The highest BCUT2D eigenvalue weighted by atomic mass is 32.2. The number of nitrogens with zero attached hydrogens (tertiary/aromatic N) is 2. The van der Waals surface area contributed by atoms with Gasteiger partial charge in [-0.05, 0) is 44.4 Å². The molecule has 2 heterocycles. The number of thioether (sulfide) groups is 1. The molecule has 0 unspecified atom stereocenters. The summed E-state index contributed by atoms with van der Waals surface area (Å²) in [7, 11) is 1.78. The molecule has 7 heteroatoms. The molecule has 0 aliphatic carbocycles. The normalized spacial score (nSPS) is 10.9. The Labute approximate surface area is 187 Å². The van der Waals surface area contributed by atoms with Gasteiger partial charge < -0.3 is 9.73 Å². The molecule has 1 amide bonds. The summed E-state index contributed by atoms with van der Waals surface area (Å²) in [6.07, 6.45) is 4.32. The number of hydrogen-bond donors (Lipinski definition) is 1. The number of carbonyl (C=O) groups excluding carboxylic acids is 1. The molecule has 0 bridgehead atoms. The van der Waals surface area contributed by atoms with Crippen molar-refractivity contribution in [1.29, 1.82) is 0 Å². The Balaban J connectivity index is 1.47. The van der Waals surface area contributed by atoms with Crippen molar-refractivity contribution in [2.45, 2.75) is 51.2 Å². The number of amides is 1. The summed E-state index contributed by atoms with van der Waals surface area (Å²) in [5.41, 5.74) is 3.84. The molecule has 2 aromatic heterocycles. The monoisotopic (exact) mass is 439 g/mol. The average molecular weight is 440 g/mol. The van der Waals surface area contributed by atoms with E-state index in [4.69, 9.17) is 4.42 Å². The number of aromatic nitrogens is 2. The van der Waals surface area contributed by atoms with Crippen LogP contribution in [0.4, 0.5) is 0 Å². The smallest absolute Gasteiger partial charge is 0.257 e. The van der Waals surface area contributed by atoms with E-state index < -0.39 is 0 Å². The van der Waals surface area contributed by atoms with Gasteiger partial charge in [-0.2, -0.15) is 0 Å². The van der Waals surface area contributed by atoms with Crippen molar-refractivity contribution in [1.82, 2.24) is 14.9 Å². The summed E-state index contributed by atoms with van der Waals surface area (Å²) < 4.78 is 6.84. The summed E-state index contributed by atoms with van der Waals surface area (Å²) in [5.74, 6) is 1.57. The summed E-state index contributed by atoms with van der Waals surface area (Å²) in [6, 6.07) is 11.9. The first-order valence-corrected chi connectivity index (χ1v) is 11.5. The number of carbonyl (C=O) groups is 1. The van der Waals surface area contributed by atoms with Crippen molar-refractivity contribution >= 4 is 17.7 Å². The van der Waals surface area contributed by atoms with Gasteiger partial charge in [0.1, 0.15) is 5.76 Å². The van der Waals surface area contributed by atoms with Crippen LogP contribution in [0.25, 0.3) is 0 Å². The van der Waals surface area contributed by atoms with Gasteiger partial charge in [0.05, 0.1) is 12.8 Å². The van der Waals surface area contributed by atoms with Gasteiger partial charge in [-0.25, -0.2) is 4.98 Å². The van der Waals surface area contributed by atoms with E-state index in [1.54, 1.807) is 35.7 Å².